The van der Waals surface area contributed by atoms with E-state index in [0.29, 0.717) is 22.2 Å². The third kappa shape index (κ3) is 5.92. The summed E-state index contributed by atoms with van der Waals surface area (Å²) in [5.74, 6) is 1.08. The van der Waals surface area contributed by atoms with Gasteiger partial charge in [-0.15, -0.1) is 12.4 Å². The summed E-state index contributed by atoms with van der Waals surface area (Å²) in [6.07, 6.45) is 1.22. The van der Waals surface area contributed by atoms with Crippen molar-refractivity contribution < 1.29 is 17.9 Å². The number of rotatable bonds is 7. The highest BCUT2D eigenvalue weighted by Crippen LogP contribution is 2.39. The normalized spacial score (nSPS) is 15.6. The molecular formula is C22H31Cl2N3O4S. The first kappa shape index (κ1) is 26.4. The SMILES string of the molecule is COc1cc(Cl)cc(C(C)Nc2cc(N3CCN(C)CC3)ccc2S(C)(=O)=O)c1OC.Cl. The van der Waals surface area contributed by atoms with E-state index in [1.807, 2.05) is 19.1 Å². The fraction of sp³-hybridized carbons (Fsp3) is 0.455. The van der Waals surface area contributed by atoms with Gasteiger partial charge < -0.3 is 24.6 Å². The van der Waals surface area contributed by atoms with Gasteiger partial charge in [0.1, 0.15) is 0 Å². The van der Waals surface area contributed by atoms with Crippen LogP contribution in [0.25, 0.3) is 0 Å². The molecule has 2 aromatic carbocycles. The maximum absolute atomic E-state index is 12.5. The number of hydrogen-bond donors (Lipinski definition) is 1. The van der Waals surface area contributed by atoms with E-state index >= 15 is 0 Å². The zero-order valence-corrected chi connectivity index (χ0v) is 21.4. The lowest BCUT2D eigenvalue weighted by Crippen LogP contribution is -2.44. The molecule has 1 aliphatic rings. The minimum Gasteiger partial charge on any atom is -0.493 e. The van der Waals surface area contributed by atoms with Crippen molar-refractivity contribution in [2.24, 2.45) is 0 Å². The van der Waals surface area contributed by atoms with E-state index in [2.05, 4.69) is 22.2 Å². The number of likely N-dealkylation sites (N-methyl/N-ethyl adjacent to an activating group) is 1. The van der Waals surface area contributed by atoms with E-state index in [9.17, 15) is 8.42 Å². The summed E-state index contributed by atoms with van der Waals surface area (Å²) < 4.78 is 35.9. The molecule has 0 aliphatic carbocycles. The first-order chi connectivity index (χ1) is 14.6. The molecule has 7 nitrogen and oxygen atoms in total. The van der Waals surface area contributed by atoms with Crippen molar-refractivity contribution in [2.75, 3.05) is 63.9 Å². The lowest BCUT2D eigenvalue weighted by atomic mass is 10.1. The molecule has 1 atom stereocenters. The monoisotopic (exact) mass is 503 g/mol. The molecule has 0 bridgehead atoms. The van der Waals surface area contributed by atoms with Gasteiger partial charge in [-0.05, 0) is 38.2 Å². The van der Waals surface area contributed by atoms with Crippen LogP contribution in [-0.4, -0.2) is 67.0 Å². The lowest BCUT2D eigenvalue weighted by molar-refractivity contribution is 0.313. The Morgan fingerprint density at radius 1 is 1.06 bits per heavy atom. The van der Waals surface area contributed by atoms with Gasteiger partial charge in [0.2, 0.25) is 0 Å². The van der Waals surface area contributed by atoms with Crippen LogP contribution in [0.4, 0.5) is 11.4 Å². The Hall–Kier alpha value is -1.87. The molecule has 178 valence electrons. The zero-order chi connectivity index (χ0) is 22.8. The Morgan fingerprint density at radius 3 is 2.28 bits per heavy atom. The van der Waals surface area contributed by atoms with Crippen LogP contribution < -0.4 is 19.7 Å². The van der Waals surface area contributed by atoms with Gasteiger partial charge >= 0.3 is 0 Å². The first-order valence-corrected chi connectivity index (χ1v) is 12.4. The Labute approximate surface area is 202 Å². The Bertz CT molecular complexity index is 1040. The predicted molar refractivity (Wildman–Crippen MR) is 133 cm³/mol. The minimum atomic E-state index is -3.43. The summed E-state index contributed by atoms with van der Waals surface area (Å²) in [5.41, 5.74) is 2.31. The van der Waals surface area contributed by atoms with Crippen molar-refractivity contribution in [3.8, 4) is 11.5 Å². The molecule has 1 unspecified atom stereocenters. The van der Waals surface area contributed by atoms with Crippen LogP contribution in [0.1, 0.15) is 18.5 Å². The molecule has 2 aromatic rings. The molecular weight excluding hydrogens is 473 g/mol. The highest BCUT2D eigenvalue weighted by Gasteiger charge is 2.22. The third-order valence-corrected chi connectivity index (χ3v) is 6.92. The van der Waals surface area contributed by atoms with Gasteiger partial charge in [-0.1, -0.05) is 11.6 Å². The van der Waals surface area contributed by atoms with Crippen LogP contribution in [0.5, 0.6) is 11.5 Å². The average Bonchev–Trinajstić information content (AvgIpc) is 2.72. The largest absolute Gasteiger partial charge is 0.493 e. The summed E-state index contributed by atoms with van der Waals surface area (Å²) in [4.78, 5) is 4.80. The van der Waals surface area contributed by atoms with Crippen molar-refractivity contribution in [2.45, 2.75) is 17.9 Å². The van der Waals surface area contributed by atoms with Gasteiger partial charge in [0.15, 0.2) is 21.3 Å². The number of nitrogens with zero attached hydrogens (tertiary/aromatic N) is 2. The number of ether oxygens (including phenoxy) is 2. The Morgan fingerprint density at radius 2 is 1.72 bits per heavy atom. The number of hydrogen-bond acceptors (Lipinski definition) is 7. The Kier molecular flexibility index (Phi) is 8.93. The number of methoxy groups -OCH3 is 2. The Balaban J connectivity index is 0.00000363. The topological polar surface area (TPSA) is 71.1 Å². The summed E-state index contributed by atoms with van der Waals surface area (Å²) >= 11 is 6.28. The van der Waals surface area contributed by atoms with E-state index in [4.69, 9.17) is 21.1 Å². The number of nitrogens with one attached hydrogen (secondary N) is 1. The van der Waals surface area contributed by atoms with Crippen LogP contribution in [0, 0.1) is 0 Å². The van der Waals surface area contributed by atoms with Crippen LogP contribution in [0.2, 0.25) is 5.02 Å². The van der Waals surface area contributed by atoms with Crippen LogP contribution >= 0.6 is 24.0 Å². The molecule has 10 heteroatoms. The van der Waals surface area contributed by atoms with Crippen molar-refractivity contribution in [1.82, 2.24) is 4.90 Å². The van der Waals surface area contributed by atoms with E-state index in [-0.39, 0.29) is 23.3 Å². The number of sulfone groups is 1. The van der Waals surface area contributed by atoms with Gasteiger partial charge in [-0.2, -0.15) is 0 Å². The van der Waals surface area contributed by atoms with E-state index in [0.717, 1.165) is 37.4 Å². The van der Waals surface area contributed by atoms with Crippen LogP contribution in [-0.2, 0) is 9.84 Å². The molecule has 3 rings (SSSR count). The van der Waals surface area contributed by atoms with E-state index in [1.165, 1.54) is 6.26 Å². The second-order valence-electron chi connectivity index (χ2n) is 7.84. The predicted octanol–water partition coefficient (Wildman–Crippen LogP) is 4.11. The number of piperazine rings is 1. The molecule has 0 aromatic heterocycles. The molecule has 1 aliphatic heterocycles. The van der Waals surface area contributed by atoms with Crippen molar-refractivity contribution in [1.29, 1.82) is 0 Å². The van der Waals surface area contributed by atoms with Crippen molar-refractivity contribution in [3.63, 3.8) is 0 Å². The lowest BCUT2D eigenvalue weighted by Gasteiger charge is -2.34. The minimum absolute atomic E-state index is 0. The maximum atomic E-state index is 12.5. The highest BCUT2D eigenvalue weighted by atomic mass is 35.5. The van der Waals surface area contributed by atoms with Gasteiger partial charge in [-0.25, -0.2) is 8.42 Å². The second kappa shape index (κ2) is 10.8. The van der Waals surface area contributed by atoms with Crippen LogP contribution in [0.3, 0.4) is 0 Å². The quantitative estimate of drug-likeness (QED) is 0.609. The molecule has 1 saturated heterocycles. The summed E-state index contributed by atoms with van der Waals surface area (Å²) in [6.45, 7) is 5.65. The summed E-state index contributed by atoms with van der Waals surface area (Å²) in [7, 11) is 1.80. The number of benzene rings is 2. The maximum Gasteiger partial charge on any atom is 0.177 e. The van der Waals surface area contributed by atoms with E-state index < -0.39 is 9.84 Å². The van der Waals surface area contributed by atoms with Gasteiger partial charge in [0.25, 0.3) is 0 Å². The van der Waals surface area contributed by atoms with E-state index in [1.54, 1.807) is 32.4 Å². The summed E-state index contributed by atoms with van der Waals surface area (Å²) in [6, 6.07) is 8.66. The fourth-order valence-electron chi connectivity index (χ4n) is 3.81. The molecule has 1 heterocycles. The van der Waals surface area contributed by atoms with Crippen LogP contribution in [0.15, 0.2) is 35.2 Å². The van der Waals surface area contributed by atoms with Gasteiger partial charge in [0.05, 0.1) is 30.8 Å². The first-order valence-electron chi connectivity index (χ1n) is 10.1. The standard InChI is InChI=1S/C22H30ClN3O4S.ClH/c1-15(18-12-16(23)13-20(29-3)22(18)30-4)24-19-14-17(6-7-21(19)31(5,27)28)26-10-8-25(2)9-11-26;/h6-7,12-15,24H,8-11H2,1-5H3;1H. The second-order valence-corrected chi connectivity index (χ2v) is 10.3. The molecule has 0 saturated carbocycles. The van der Waals surface area contributed by atoms with Gasteiger partial charge in [0, 0.05) is 54.8 Å². The molecule has 0 amide bonds. The van der Waals surface area contributed by atoms with Gasteiger partial charge in [-0.3, -0.25) is 0 Å². The number of halogens is 2. The summed E-state index contributed by atoms with van der Waals surface area (Å²) in [5, 5.41) is 3.87. The molecule has 0 radical (unpaired) electrons. The highest BCUT2D eigenvalue weighted by molar-refractivity contribution is 7.90. The molecule has 0 spiro atoms. The average molecular weight is 504 g/mol. The van der Waals surface area contributed by atoms with Crippen molar-refractivity contribution >= 4 is 45.2 Å². The number of anilines is 2. The molecule has 1 N–H and O–H groups in total. The zero-order valence-electron chi connectivity index (χ0n) is 19.0. The molecule has 32 heavy (non-hydrogen) atoms. The third-order valence-electron chi connectivity index (χ3n) is 5.54. The fourth-order valence-corrected chi connectivity index (χ4v) is 4.86. The van der Waals surface area contributed by atoms with Crippen molar-refractivity contribution in [3.05, 3.63) is 40.9 Å². The molecule has 1 fully saturated rings. The smallest absolute Gasteiger partial charge is 0.177 e.